The molecule has 2 heterocycles. The van der Waals surface area contributed by atoms with Crippen molar-refractivity contribution in [3.63, 3.8) is 0 Å². The Kier molecular flexibility index (Phi) is 2.33. The molecule has 0 spiro atoms. The molecule has 0 aliphatic carbocycles. The van der Waals surface area contributed by atoms with Gasteiger partial charge in [0.2, 0.25) is 0 Å². The molecule has 0 N–H and O–H groups in total. The fraction of sp³-hybridized carbons (Fsp3) is 0. The molecule has 0 fully saturated rings. The maximum atomic E-state index is 5.79. The molecule has 0 unspecified atom stereocenters. The van der Waals surface area contributed by atoms with E-state index < -0.39 is 0 Å². The standard InChI is InChI=1S/C8H5BrClN3/c9-6-2-12-13(5-6)8-1-7(10)3-11-4-8/h1-5H. The zero-order chi connectivity index (χ0) is 9.26. The lowest BCUT2D eigenvalue weighted by Crippen LogP contribution is -1.94. The van der Waals surface area contributed by atoms with E-state index in [1.54, 1.807) is 29.3 Å². The van der Waals surface area contributed by atoms with Gasteiger partial charge in [0.1, 0.15) is 0 Å². The maximum absolute atomic E-state index is 5.79. The molecule has 2 aromatic rings. The van der Waals surface area contributed by atoms with Gasteiger partial charge in [0.05, 0.1) is 27.6 Å². The van der Waals surface area contributed by atoms with Gasteiger partial charge in [-0.2, -0.15) is 5.10 Å². The number of hydrogen-bond donors (Lipinski definition) is 0. The second-order valence-corrected chi connectivity index (χ2v) is 3.82. The van der Waals surface area contributed by atoms with E-state index >= 15 is 0 Å². The summed E-state index contributed by atoms with van der Waals surface area (Å²) in [5.74, 6) is 0. The van der Waals surface area contributed by atoms with Crippen LogP contribution >= 0.6 is 27.5 Å². The van der Waals surface area contributed by atoms with Crippen LogP contribution in [0.15, 0.2) is 35.3 Å². The minimum Gasteiger partial charge on any atom is -0.261 e. The molecule has 13 heavy (non-hydrogen) atoms. The average Bonchev–Trinajstić information content (AvgIpc) is 2.52. The molecule has 0 radical (unpaired) electrons. The molecule has 0 saturated carbocycles. The van der Waals surface area contributed by atoms with Crippen molar-refractivity contribution in [1.29, 1.82) is 0 Å². The van der Waals surface area contributed by atoms with E-state index in [1.165, 1.54) is 0 Å². The zero-order valence-electron chi connectivity index (χ0n) is 6.48. The van der Waals surface area contributed by atoms with Crippen LogP contribution in [0.3, 0.4) is 0 Å². The zero-order valence-corrected chi connectivity index (χ0v) is 8.83. The molecule has 0 saturated heterocycles. The summed E-state index contributed by atoms with van der Waals surface area (Å²) in [5.41, 5.74) is 0.846. The molecule has 3 nitrogen and oxygen atoms in total. The fourth-order valence-electron chi connectivity index (χ4n) is 0.968. The minimum atomic E-state index is 0.601. The number of aromatic nitrogens is 3. The molecule has 0 atom stereocenters. The lowest BCUT2D eigenvalue weighted by Gasteiger charge is -1.99. The van der Waals surface area contributed by atoms with Crippen molar-refractivity contribution in [3.8, 4) is 5.69 Å². The minimum absolute atomic E-state index is 0.601. The molecule has 66 valence electrons. The van der Waals surface area contributed by atoms with Crippen molar-refractivity contribution in [1.82, 2.24) is 14.8 Å². The van der Waals surface area contributed by atoms with Crippen LogP contribution in [0.1, 0.15) is 0 Å². The largest absolute Gasteiger partial charge is 0.261 e. The Hall–Kier alpha value is -0.870. The van der Waals surface area contributed by atoms with Crippen molar-refractivity contribution < 1.29 is 0 Å². The monoisotopic (exact) mass is 257 g/mol. The maximum Gasteiger partial charge on any atom is 0.0844 e. The Morgan fingerprint density at radius 3 is 2.77 bits per heavy atom. The predicted molar refractivity (Wildman–Crippen MR) is 54.1 cm³/mol. The molecule has 2 rings (SSSR count). The van der Waals surface area contributed by atoms with E-state index in [4.69, 9.17) is 11.6 Å². The molecule has 0 aliphatic heterocycles. The third-order valence-corrected chi connectivity index (χ3v) is 2.12. The third kappa shape index (κ3) is 1.89. The van der Waals surface area contributed by atoms with Crippen LogP contribution in [0.2, 0.25) is 5.02 Å². The molecule has 0 aromatic carbocycles. The van der Waals surface area contributed by atoms with Gasteiger partial charge in [0, 0.05) is 12.4 Å². The van der Waals surface area contributed by atoms with Crippen LogP contribution in [-0.2, 0) is 0 Å². The fourth-order valence-corrected chi connectivity index (χ4v) is 1.42. The lowest BCUT2D eigenvalue weighted by molar-refractivity contribution is 0.874. The van der Waals surface area contributed by atoms with Crippen LogP contribution in [0.5, 0.6) is 0 Å². The topological polar surface area (TPSA) is 30.7 Å². The van der Waals surface area contributed by atoms with Gasteiger partial charge in [0.25, 0.3) is 0 Å². The van der Waals surface area contributed by atoms with Crippen LogP contribution in [-0.4, -0.2) is 14.8 Å². The number of halogens is 2. The molecule has 2 aromatic heterocycles. The highest BCUT2D eigenvalue weighted by Crippen LogP contribution is 2.14. The third-order valence-electron chi connectivity index (χ3n) is 1.51. The summed E-state index contributed by atoms with van der Waals surface area (Å²) < 4.78 is 2.62. The van der Waals surface area contributed by atoms with Crippen LogP contribution in [0.25, 0.3) is 5.69 Å². The van der Waals surface area contributed by atoms with Crippen molar-refractivity contribution in [3.05, 3.63) is 40.3 Å². The summed E-state index contributed by atoms with van der Waals surface area (Å²) in [4.78, 5) is 3.96. The van der Waals surface area contributed by atoms with Gasteiger partial charge in [-0.25, -0.2) is 4.68 Å². The second kappa shape index (κ2) is 3.47. The molecule has 0 bridgehead atoms. The van der Waals surface area contributed by atoms with Crippen molar-refractivity contribution in [2.75, 3.05) is 0 Å². The van der Waals surface area contributed by atoms with Gasteiger partial charge in [-0.15, -0.1) is 0 Å². The Bertz CT molecular complexity index is 427. The Morgan fingerprint density at radius 2 is 2.15 bits per heavy atom. The highest BCUT2D eigenvalue weighted by Gasteiger charge is 1.99. The van der Waals surface area contributed by atoms with E-state index in [-0.39, 0.29) is 0 Å². The van der Waals surface area contributed by atoms with Gasteiger partial charge in [0.15, 0.2) is 0 Å². The normalized spacial score (nSPS) is 10.3. The van der Waals surface area contributed by atoms with Gasteiger partial charge in [-0.05, 0) is 22.0 Å². The number of rotatable bonds is 1. The van der Waals surface area contributed by atoms with Gasteiger partial charge in [-0.1, -0.05) is 11.6 Å². The van der Waals surface area contributed by atoms with Gasteiger partial charge in [-0.3, -0.25) is 4.98 Å². The molecular weight excluding hydrogens is 253 g/mol. The highest BCUT2D eigenvalue weighted by molar-refractivity contribution is 9.10. The lowest BCUT2D eigenvalue weighted by atomic mass is 10.4. The smallest absolute Gasteiger partial charge is 0.0844 e. The second-order valence-electron chi connectivity index (χ2n) is 2.46. The number of pyridine rings is 1. The van der Waals surface area contributed by atoms with E-state index in [2.05, 4.69) is 26.0 Å². The number of hydrogen-bond acceptors (Lipinski definition) is 2. The van der Waals surface area contributed by atoms with Crippen molar-refractivity contribution >= 4 is 27.5 Å². The molecule has 0 amide bonds. The summed E-state index contributed by atoms with van der Waals surface area (Å²) >= 11 is 9.10. The van der Waals surface area contributed by atoms with E-state index in [0.29, 0.717) is 5.02 Å². The van der Waals surface area contributed by atoms with Gasteiger partial charge < -0.3 is 0 Å². The Labute approximate surface area is 88.5 Å². The van der Waals surface area contributed by atoms with E-state index in [1.807, 2.05) is 6.20 Å². The van der Waals surface area contributed by atoms with Crippen molar-refractivity contribution in [2.45, 2.75) is 0 Å². The first-order valence-electron chi connectivity index (χ1n) is 3.57. The molecule has 0 aliphatic rings. The quantitative estimate of drug-likeness (QED) is 0.787. The Morgan fingerprint density at radius 1 is 1.31 bits per heavy atom. The predicted octanol–water partition coefficient (Wildman–Crippen LogP) is 2.68. The summed E-state index contributed by atoms with van der Waals surface area (Å²) in [5, 5.41) is 4.70. The van der Waals surface area contributed by atoms with Crippen LogP contribution in [0.4, 0.5) is 0 Å². The number of nitrogens with zero attached hydrogens (tertiary/aromatic N) is 3. The van der Waals surface area contributed by atoms with Crippen LogP contribution in [0, 0.1) is 0 Å². The summed E-state index contributed by atoms with van der Waals surface area (Å²) in [6.45, 7) is 0. The van der Waals surface area contributed by atoms with E-state index in [0.717, 1.165) is 10.2 Å². The first-order valence-corrected chi connectivity index (χ1v) is 4.74. The first-order chi connectivity index (χ1) is 6.25. The first kappa shape index (κ1) is 8.72. The molecule has 5 heteroatoms. The average molecular weight is 259 g/mol. The van der Waals surface area contributed by atoms with E-state index in [9.17, 15) is 0 Å². The van der Waals surface area contributed by atoms with Crippen LogP contribution < -0.4 is 0 Å². The summed E-state index contributed by atoms with van der Waals surface area (Å²) in [6.07, 6.45) is 6.84. The summed E-state index contributed by atoms with van der Waals surface area (Å²) in [6, 6.07) is 1.80. The molecular formula is C8H5BrClN3. The SMILES string of the molecule is Clc1cncc(-n2cc(Br)cn2)c1. The highest BCUT2D eigenvalue weighted by atomic mass is 79.9. The Balaban J connectivity index is 2.46. The van der Waals surface area contributed by atoms with Gasteiger partial charge >= 0.3 is 0 Å². The summed E-state index contributed by atoms with van der Waals surface area (Å²) in [7, 11) is 0. The van der Waals surface area contributed by atoms with Crippen molar-refractivity contribution in [2.24, 2.45) is 0 Å².